The number of hydrogen-bond acceptors (Lipinski definition) is 3. The Labute approximate surface area is 105 Å². The summed E-state index contributed by atoms with van der Waals surface area (Å²) in [7, 11) is -3.42. The van der Waals surface area contributed by atoms with Gasteiger partial charge in [0.05, 0.1) is 6.20 Å². The monoisotopic (exact) mass is 275 g/mol. The van der Waals surface area contributed by atoms with Gasteiger partial charge in [-0.15, -0.1) is 11.6 Å². The predicted octanol–water partition coefficient (Wildman–Crippen LogP) is 1.33. The summed E-state index contributed by atoms with van der Waals surface area (Å²) in [5.74, 6) is 0. The van der Waals surface area contributed by atoms with Crippen LogP contribution < -0.4 is 0 Å². The van der Waals surface area contributed by atoms with Gasteiger partial charge in [0.25, 0.3) is 10.0 Å². The first-order valence-corrected chi connectivity index (χ1v) is 7.63. The maximum atomic E-state index is 12.4. The molecule has 2 atom stereocenters. The Morgan fingerprint density at radius 2 is 2.00 bits per heavy atom. The first-order valence-electron chi connectivity index (χ1n) is 5.76. The minimum absolute atomic E-state index is 0.0598. The van der Waals surface area contributed by atoms with E-state index < -0.39 is 10.0 Å². The molecule has 0 spiro atoms. The van der Waals surface area contributed by atoms with Crippen LogP contribution in [0, 0.1) is 0 Å². The molecule has 7 heteroatoms. The van der Waals surface area contributed by atoms with Crippen LogP contribution in [0.1, 0.15) is 25.7 Å². The lowest BCUT2D eigenvalue weighted by molar-refractivity contribution is 0.250. The van der Waals surface area contributed by atoms with E-state index in [1.165, 1.54) is 12.3 Å². The first kappa shape index (κ1) is 11.5. The van der Waals surface area contributed by atoms with Gasteiger partial charge in [0.2, 0.25) is 0 Å². The van der Waals surface area contributed by atoms with Gasteiger partial charge in [0.15, 0.2) is 5.03 Å². The molecule has 0 saturated carbocycles. The Morgan fingerprint density at radius 1 is 1.35 bits per heavy atom. The summed E-state index contributed by atoms with van der Waals surface area (Å²) in [5, 5.41) is 6.55. The van der Waals surface area contributed by atoms with Crippen molar-refractivity contribution in [3.8, 4) is 0 Å². The third-order valence-electron chi connectivity index (χ3n) is 3.64. The van der Waals surface area contributed by atoms with Crippen LogP contribution in [-0.2, 0) is 10.0 Å². The van der Waals surface area contributed by atoms with Crippen molar-refractivity contribution in [3.63, 3.8) is 0 Å². The second-order valence-corrected chi connectivity index (χ2v) is 7.14. The van der Waals surface area contributed by atoms with Crippen molar-refractivity contribution in [2.45, 2.75) is 48.2 Å². The van der Waals surface area contributed by atoms with E-state index in [2.05, 4.69) is 10.2 Å². The fourth-order valence-electron chi connectivity index (χ4n) is 2.96. The molecule has 0 aliphatic carbocycles. The second kappa shape index (κ2) is 3.96. The zero-order valence-corrected chi connectivity index (χ0v) is 10.8. The van der Waals surface area contributed by atoms with E-state index >= 15 is 0 Å². The van der Waals surface area contributed by atoms with Crippen LogP contribution in [0.3, 0.4) is 0 Å². The van der Waals surface area contributed by atoms with E-state index in [0.29, 0.717) is 0 Å². The summed E-state index contributed by atoms with van der Waals surface area (Å²) < 4.78 is 26.5. The molecule has 2 fully saturated rings. The highest BCUT2D eigenvalue weighted by Crippen LogP contribution is 2.40. The van der Waals surface area contributed by atoms with Gasteiger partial charge < -0.3 is 0 Å². The quantitative estimate of drug-likeness (QED) is 0.828. The van der Waals surface area contributed by atoms with Crippen molar-refractivity contribution in [1.82, 2.24) is 14.5 Å². The number of piperidine rings is 1. The van der Waals surface area contributed by atoms with E-state index in [1.807, 2.05) is 0 Å². The first-order chi connectivity index (χ1) is 8.09. The van der Waals surface area contributed by atoms with Crippen LogP contribution in [-0.4, -0.2) is 40.4 Å². The van der Waals surface area contributed by atoms with Crippen LogP contribution >= 0.6 is 11.6 Å². The second-order valence-electron chi connectivity index (χ2n) is 4.71. The van der Waals surface area contributed by atoms with Crippen LogP contribution in [0.4, 0.5) is 0 Å². The largest absolute Gasteiger partial charge is 0.266 e. The maximum Gasteiger partial charge on any atom is 0.260 e. The van der Waals surface area contributed by atoms with Gasteiger partial charge in [-0.25, -0.2) is 8.42 Å². The Balaban J connectivity index is 1.96. The third-order valence-corrected chi connectivity index (χ3v) is 5.93. The average molecular weight is 276 g/mol. The number of nitrogens with one attached hydrogen (secondary N) is 1. The number of aromatic nitrogens is 2. The molecular formula is C10H14ClN3O2S. The molecular weight excluding hydrogens is 262 g/mol. The molecule has 94 valence electrons. The molecule has 1 N–H and O–H groups in total. The van der Waals surface area contributed by atoms with E-state index in [1.54, 1.807) is 4.31 Å². The Morgan fingerprint density at radius 3 is 2.53 bits per heavy atom. The van der Waals surface area contributed by atoms with Crippen LogP contribution in [0.15, 0.2) is 17.3 Å². The van der Waals surface area contributed by atoms with Crippen molar-refractivity contribution in [1.29, 1.82) is 0 Å². The Bertz CT molecular complexity index is 488. The van der Waals surface area contributed by atoms with E-state index in [9.17, 15) is 8.42 Å². The fourth-order valence-corrected chi connectivity index (χ4v) is 5.17. The lowest BCUT2D eigenvalue weighted by atomic mass is 10.1. The molecule has 17 heavy (non-hydrogen) atoms. The average Bonchev–Trinajstić information content (AvgIpc) is 2.86. The number of alkyl halides is 1. The molecule has 0 aromatic carbocycles. The highest BCUT2D eigenvalue weighted by Gasteiger charge is 2.47. The number of fused-ring (bicyclic) bond motifs is 2. The van der Waals surface area contributed by atoms with Gasteiger partial charge >= 0.3 is 0 Å². The zero-order chi connectivity index (χ0) is 12.0. The molecule has 3 heterocycles. The minimum Gasteiger partial charge on any atom is -0.266 e. The molecule has 1 aromatic heterocycles. The van der Waals surface area contributed by atoms with Gasteiger partial charge in [0, 0.05) is 17.5 Å². The van der Waals surface area contributed by atoms with Crippen LogP contribution in [0.25, 0.3) is 0 Å². The number of sulfonamides is 1. The fraction of sp³-hybridized carbons (Fsp3) is 0.700. The van der Waals surface area contributed by atoms with Crippen LogP contribution in [0.5, 0.6) is 0 Å². The number of H-pyrrole nitrogens is 1. The molecule has 2 aliphatic heterocycles. The summed E-state index contributed by atoms with van der Waals surface area (Å²) >= 11 is 6.15. The molecule has 0 amide bonds. The standard InChI is InChI=1S/C10H14ClN3O2S/c11-7-5-8-1-2-9(6-7)14(8)17(15,16)10-3-4-12-13-10/h3-4,7-9H,1-2,5-6H2,(H,12,13). The SMILES string of the molecule is O=S(=O)(c1ccn[nH]1)N1C2CCC1CC(Cl)C2. The van der Waals surface area contributed by atoms with E-state index in [0.717, 1.165) is 25.7 Å². The lowest BCUT2D eigenvalue weighted by Gasteiger charge is -2.35. The number of rotatable bonds is 2. The summed E-state index contributed by atoms with van der Waals surface area (Å²) in [4.78, 5) is 0. The molecule has 0 radical (unpaired) electrons. The summed E-state index contributed by atoms with van der Waals surface area (Å²) in [6.07, 6.45) is 4.81. The van der Waals surface area contributed by atoms with Crippen molar-refractivity contribution >= 4 is 21.6 Å². The van der Waals surface area contributed by atoms with Gasteiger partial charge in [-0.3, -0.25) is 5.10 Å². The number of hydrogen-bond donors (Lipinski definition) is 1. The zero-order valence-electron chi connectivity index (χ0n) is 9.21. The predicted molar refractivity (Wildman–Crippen MR) is 63.3 cm³/mol. The van der Waals surface area contributed by atoms with Gasteiger partial charge in [-0.1, -0.05) is 0 Å². The van der Waals surface area contributed by atoms with Gasteiger partial charge in [-0.2, -0.15) is 9.40 Å². The molecule has 5 nitrogen and oxygen atoms in total. The summed E-state index contributed by atoms with van der Waals surface area (Å²) in [5.41, 5.74) is 0. The van der Waals surface area contributed by atoms with E-state index in [-0.39, 0.29) is 22.5 Å². The van der Waals surface area contributed by atoms with Gasteiger partial charge in [0.1, 0.15) is 0 Å². The van der Waals surface area contributed by atoms with Crippen molar-refractivity contribution in [2.24, 2.45) is 0 Å². The normalized spacial score (nSPS) is 34.1. The van der Waals surface area contributed by atoms with Crippen molar-refractivity contribution < 1.29 is 8.42 Å². The van der Waals surface area contributed by atoms with E-state index in [4.69, 9.17) is 11.6 Å². The third kappa shape index (κ3) is 1.78. The Hall–Kier alpha value is -0.590. The van der Waals surface area contributed by atoms with Crippen LogP contribution in [0.2, 0.25) is 0 Å². The Kier molecular flexibility index (Phi) is 2.68. The molecule has 1 aromatic rings. The number of nitrogens with zero attached hydrogens (tertiary/aromatic N) is 2. The molecule has 2 aliphatic rings. The minimum atomic E-state index is -3.42. The number of halogens is 1. The number of aromatic amines is 1. The molecule has 2 bridgehead atoms. The highest BCUT2D eigenvalue weighted by atomic mass is 35.5. The van der Waals surface area contributed by atoms with Crippen molar-refractivity contribution in [2.75, 3.05) is 0 Å². The molecule has 2 saturated heterocycles. The smallest absolute Gasteiger partial charge is 0.260 e. The summed E-state index contributed by atoms with van der Waals surface area (Å²) in [6.45, 7) is 0. The molecule has 2 unspecified atom stereocenters. The van der Waals surface area contributed by atoms with Crippen molar-refractivity contribution in [3.05, 3.63) is 12.3 Å². The van der Waals surface area contributed by atoms with Gasteiger partial charge in [-0.05, 0) is 31.7 Å². The molecule has 3 rings (SSSR count). The topological polar surface area (TPSA) is 66.1 Å². The highest BCUT2D eigenvalue weighted by molar-refractivity contribution is 7.89. The summed E-state index contributed by atoms with van der Waals surface area (Å²) in [6, 6.07) is 1.62. The lowest BCUT2D eigenvalue weighted by Crippen LogP contribution is -2.46. The maximum absolute atomic E-state index is 12.4.